The molecule has 0 unspecified atom stereocenters. The summed E-state index contributed by atoms with van der Waals surface area (Å²) >= 11 is 0. The van der Waals surface area contributed by atoms with Crippen molar-refractivity contribution >= 4 is 20.2 Å². The van der Waals surface area contributed by atoms with Crippen LogP contribution in [0.1, 0.15) is 16.7 Å². The highest BCUT2D eigenvalue weighted by atomic mass is 32.2. The van der Waals surface area contributed by atoms with Crippen molar-refractivity contribution in [3.05, 3.63) is 59.2 Å². The van der Waals surface area contributed by atoms with Crippen LogP contribution in [0, 0.1) is 5.92 Å². The predicted molar refractivity (Wildman–Crippen MR) is 166 cm³/mol. The van der Waals surface area contributed by atoms with Crippen molar-refractivity contribution < 1.29 is 58.7 Å². The number of benzene rings is 3. The fourth-order valence-corrected chi connectivity index (χ4v) is 6.54. The van der Waals surface area contributed by atoms with Crippen molar-refractivity contribution in [2.45, 2.75) is 25.0 Å². The van der Waals surface area contributed by atoms with E-state index in [1.54, 1.807) is 12.1 Å². The lowest BCUT2D eigenvalue weighted by Crippen LogP contribution is -2.49. The van der Waals surface area contributed by atoms with Crippen LogP contribution in [0.15, 0.2) is 42.5 Å². The molecular formula is C31H36O13S2. The molecule has 0 amide bonds. The fraction of sp³-hybridized carbons (Fsp3) is 0.419. The smallest absolute Gasteiger partial charge is 0.264 e. The first kappa shape index (κ1) is 33.6. The highest BCUT2D eigenvalue weighted by Gasteiger charge is 2.44. The second-order valence-corrected chi connectivity index (χ2v) is 14.4. The zero-order chi connectivity index (χ0) is 33.3. The van der Waals surface area contributed by atoms with Gasteiger partial charge in [0.15, 0.2) is 23.0 Å². The fourth-order valence-electron chi connectivity index (χ4n) is 5.71. The molecule has 0 bridgehead atoms. The van der Waals surface area contributed by atoms with Crippen LogP contribution in [0.3, 0.4) is 0 Å². The van der Waals surface area contributed by atoms with Gasteiger partial charge >= 0.3 is 0 Å². The van der Waals surface area contributed by atoms with E-state index in [9.17, 15) is 21.9 Å². The summed E-state index contributed by atoms with van der Waals surface area (Å²) < 4.78 is 94.1. The van der Waals surface area contributed by atoms with Crippen molar-refractivity contribution in [1.29, 1.82) is 0 Å². The van der Waals surface area contributed by atoms with Crippen LogP contribution >= 0.6 is 0 Å². The lowest BCUT2D eigenvalue weighted by atomic mass is 9.74. The third-order valence-corrected chi connectivity index (χ3v) is 8.93. The van der Waals surface area contributed by atoms with Crippen molar-refractivity contribution in [2.24, 2.45) is 5.92 Å². The largest absolute Gasteiger partial charge is 0.493 e. The zero-order valence-corrected chi connectivity index (χ0v) is 27.7. The van der Waals surface area contributed by atoms with Crippen LogP contribution in [-0.4, -0.2) is 81.4 Å². The van der Waals surface area contributed by atoms with Gasteiger partial charge in [0.05, 0.1) is 52.7 Å². The number of hydrogen-bond donors (Lipinski definition) is 1. The van der Waals surface area contributed by atoms with Crippen molar-refractivity contribution in [2.75, 3.05) is 53.8 Å². The van der Waals surface area contributed by atoms with Crippen LogP contribution in [0.4, 0.5) is 0 Å². The Bertz CT molecular complexity index is 1810. The number of ether oxygens (including phenoxy) is 6. The number of aliphatic hydroxyl groups is 1. The van der Waals surface area contributed by atoms with Gasteiger partial charge in [0, 0.05) is 23.5 Å². The predicted octanol–water partition coefficient (Wildman–Crippen LogP) is 3.09. The average Bonchev–Trinajstić information content (AvgIpc) is 3.47. The molecule has 46 heavy (non-hydrogen) atoms. The average molecular weight is 681 g/mol. The number of rotatable bonds is 12. The van der Waals surface area contributed by atoms with Gasteiger partial charge in [0.2, 0.25) is 18.3 Å². The van der Waals surface area contributed by atoms with Gasteiger partial charge < -0.3 is 33.5 Å². The van der Waals surface area contributed by atoms with E-state index < -0.39 is 45.0 Å². The third-order valence-electron chi connectivity index (χ3n) is 7.82. The summed E-state index contributed by atoms with van der Waals surface area (Å²) in [5.41, 5.74) is 0.854. The maximum Gasteiger partial charge on any atom is 0.264 e. The minimum atomic E-state index is -4.02. The number of methoxy groups -OCH3 is 3. The van der Waals surface area contributed by atoms with E-state index in [-0.39, 0.29) is 43.5 Å². The van der Waals surface area contributed by atoms with Crippen LogP contribution < -0.4 is 28.4 Å². The molecule has 1 aliphatic heterocycles. The number of fused-ring (bicyclic) bond motifs is 4. The highest BCUT2D eigenvalue weighted by molar-refractivity contribution is 7.86. The van der Waals surface area contributed by atoms with E-state index in [0.717, 1.165) is 18.1 Å². The molecule has 2 atom stereocenters. The van der Waals surface area contributed by atoms with Gasteiger partial charge in [-0.1, -0.05) is 30.3 Å². The van der Waals surface area contributed by atoms with Crippen LogP contribution in [0.25, 0.3) is 11.1 Å². The summed E-state index contributed by atoms with van der Waals surface area (Å²) in [5.74, 6) is 0.800. The van der Waals surface area contributed by atoms with Gasteiger partial charge in [-0.05, 0) is 35.2 Å². The third kappa shape index (κ3) is 7.13. The Morgan fingerprint density at radius 2 is 1.52 bits per heavy atom. The van der Waals surface area contributed by atoms with Gasteiger partial charge in [0.1, 0.15) is 6.61 Å². The second kappa shape index (κ2) is 13.2. The Labute approximate surface area is 268 Å². The first-order valence-corrected chi connectivity index (χ1v) is 17.8. The molecule has 1 heterocycles. The molecule has 0 spiro atoms. The van der Waals surface area contributed by atoms with E-state index in [4.69, 9.17) is 36.8 Å². The summed E-state index contributed by atoms with van der Waals surface area (Å²) in [6.07, 6.45) is 1.49. The highest BCUT2D eigenvalue weighted by Crippen LogP contribution is 2.57. The molecule has 0 saturated heterocycles. The van der Waals surface area contributed by atoms with Gasteiger partial charge in [0.25, 0.3) is 20.2 Å². The lowest BCUT2D eigenvalue weighted by molar-refractivity contribution is -0.0645. The maximum absolute atomic E-state index is 12.3. The second-order valence-electron chi connectivity index (χ2n) is 11.1. The summed E-state index contributed by atoms with van der Waals surface area (Å²) in [7, 11) is -3.58. The van der Waals surface area contributed by atoms with E-state index in [1.165, 1.54) is 21.3 Å². The molecule has 250 valence electrons. The quantitative estimate of drug-likeness (QED) is 0.278. The zero-order valence-electron chi connectivity index (χ0n) is 26.0. The van der Waals surface area contributed by atoms with E-state index in [2.05, 4.69) is 0 Å². The molecule has 3 aromatic carbocycles. The van der Waals surface area contributed by atoms with E-state index >= 15 is 0 Å². The monoisotopic (exact) mass is 680 g/mol. The lowest BCUT2D eigenvalue weighted by Gasteiger charge is -2.39. The molecule has 0 radical (unpaired) electrons. The van der Waals surface area contributed by atoms with E-state index in [0.29, 0.717) is 39.5 Å². The molecule has 2 aliphatic rings. The molecule has 13 nitrogen and oxygen atoms in total. The molecule has 1 N–H and O–H groups in total. The molecule has 15 heteroatoms. The topological polar surface area (TPSA) is 162 Å². The summed E-state index contributed by atoms with van der Waals surface area (Å²) in [5, 5.41) is 12.3. The van der Waals surface area contributed by atoms with Crippen molar-refractivity contribution in [3.63, 3.8) is 0 Å². The molecule has 5 rings (SSSR count). The summed E-state index contributed by atoms with van der Waals surface area (Å²) in [6, 6.07) is 12.8. The molecular weight excluding hydrogens is 644 g/mol. The minimum absolute atomic E-state index is 0.0176. The Kier molecular flexibility index (Phi) is 9.61. The van der Waals surface area contributed by atoms with Crippen LogP contribution in [0.5, 0.6) is 34.5 Å². The normalized spacial score (nSPS) is 19.0. The number of hydrogen-bond acceptors (Lipinski definition) is 13. The van der Waals surface area contributed by atoms with E-state index in [1.807, 2.05) is 30.3 Å². The van der Waals surface area contributed by atoms with Gasteiger partial charge in [-0.15, -0.1) is 0 Å². The molecule has 3 aromatic rings. The Morgan fingerprint density at radius 3 is 2.15 bits per heavy atom. The van der Waals surface area contributed by atoms with Gasteiger partial charge in [-0.25, -0.2) is 0 Å². The first-order valence-electron chi connectivity index (χ1n) is 14.1. The molecule has 0 aromatic heterocycles. The van der Waals surface area contributed by atoms with Gasteiger partial charge in [-0.3, -0.25) is 8.37 Å². The molecule has 1 aliphatic carbocycles. The SMILES string of the molecule is COc1cc2c(c(OC)c1OCc1ccccc1)-c1c(cc3c(c1OC)OCO3)C[C@H](COS(C)(=O)=O)[C@](O)(COS(C)(=O)=O)C2. The standard InChI is InChI=1S/C31H36O13S2/c1-37-23-13-21-14-31(32,17-44-46(5,35)36)22(16-43-45(4,33)34)11-20-12-24-28(42-18-41-24)29(38-2)25(20)26(21)30(39-3)27(23)40-15-19-9-7-6-8-10-19/h6-10,12-13,22,32H,11,14-18H2,1-5H3/t22-,31-/m1/s1. The Balaban J connectivity index is 1.78. The summed E-state index contributed by atoms with van der Waals surface area (Å²) in [4.78, 5) is 0. The van der Waals surface area contributed by atoms with Crippen LogP contribution in [-0.2, 0) is 48.1 Å². The minimum Gasteiger partial charge on any atom is -0.493 e. The van der Waals surface area contributed by atoms with Crippen LogP contribution in [0.2, 0.25) is 0 Å². The summed E-state index contributed by atoms with van der Waals surface area (Å²) in [6.45, 7) is -1.08. The maximum atomic E-state index is 12.3. The Hall–Kier alpha value is -3.76. The first-order chi connectivity index (χ1) is 21.8. The molecule has 0 saturated carbocycles. The van der Waals surface area contributed by atoms with Crippen molar-refractivity contribution in [1.82, 2.24) is 0 Å². The van der Waals surface area contributed by atoms with Crippen molar-refractivity contribution in [3.8, 4) is 45.6 Å². The Morgan fingerprint density at radius 1 is 0.848 bits per heavy atom. The molecule has 0 fully saturated rings. The van der Waals surface area contributed by atoms with Gasteiger partial charge in [-0.2, -0.15) is 16.8 Å².